The second-order valence-corrected chi connectivity index (χ2v) is 6.03. The molecular formula is C17H16FN5O2S. The van der Waals surface area contributed by atoms with Crippen molar-refractivity contribution >= 4 is 28.3 Å². The van der Waals surface area contributed by atoms with Crippen LogP contribution in [0.1, 0.15) is 5.69 Å². The van der Waals surface area contributed by atoms with Crippen molar-refractivity contribution in [2.75, 3.05) is 18.5 Å². The van der Waals surface area contributed by atoms with Crippen molar-refractivity contribution in [2.45, 2.75) is 6.42 Å². The molecule has 26 heavy (non-hydrogen) atoms. The minimum Gasteiger partial charge on any atom is -0.492 e. The third-order valence-electron chi connectivity index (χ3n) is 3.18. The van der Waals surface area contributed by atoms with E-state index in [2.05, 4.69) is 25.6 Å². The van der Waals surface area contributed by atoms with Gasteiger partial charge in [-0.2, -0.15) is 0 Å². The van der Waals surface area contributed by atoms with Gasteiger partial charge in [0.2, 0.25) is 11.9 Å². The van der Waals surface area contributed by atoms with Gasteiger partial charge in [-0.25, -0.2) is 19.3 Å². The van der Waals surface area contributed by atoms with E-state index >= 15 is 0 Å². The summed E-state index contributed by atoms with van der Waals surface area (Å²) in [6.45, 7) is 0.649. The maximum Gasteiger partial charge on any atom is 0.228 e. The summed E-state index contributed by atoms with van der Waals surface area (Å²) in [5, 5.41) is 8.16. The number of nitrogens with one attached hydrogen (secondary N) is 2. The largest absolute Gasteiger partial charge is 0.492 e. The highest BCUT2D eigenvalue weighted by Crippen LogP contribution is 2.18. The van der Waals surface area contributed by atoms with Crippen molar-refractivity contribution in [3.8, 4) is 5.75 Å². The number of carbonyl (C=O) groups is 1. The van der Waals surface area contributed by atoms with E-state index in [1.807, 2.05) is 0 Å². The fourth-order valence-corrected chi connectivity index (χ4v) is 2.73. The molecule has 0 aliphatic rings. The lowest BCUT2D eigenvalue weighted by molar-refractivity contribution is -0.120. The van der Waals surface area contributed by atoms with Crippen LogP contribution in [-0.4, -0.2) is 34.0 Å². The van der Waals surface area contributed by atoms with Crippen LogP contribution < -0.4 is 15.4 Å². The summed E-state index contributed by atoms with van der Waals surface area (Å²) in [6.07, 6.45) is 3.43. The molecule has 0 aliphatic carbocycles. The quantitative estimate of drug-likeness (QED) is 0.590. The maximum absolute atomic E-state index is 12.8. The van der Waals surface area contributed by atoms with Gasteiger partial charge in [0.05, 0.1) is 18.7 Å². The minimum absolute atomic E-state index is 0.152. The number of ether oxygens (including phenoxy) is 1. The Hall–Kier alpha value is -3.07. The van der Waals surface area contributed by atoms with Crippen LogP contribution in [0.4, 0.5) is 15.5 Å². The van der Waals surface area contributed by atoms with Gasteiger partial charge in [0.1, 0.15) is 18.2 Å². The topological polar surface area (TPSA) is 89.0 Å². The average molecular weight is 373 g/mol. The molecule has 2 aromatic heterocycles. The number of rotatable bonds is 8. The van der Waals surface area contributed by atoms with Crippen LogP contribution in [0.3, 0.4) is 0 Å². The Labute approximate surface area is 153 Å². The van der Waals surface area contributed by atoms with Gasteiger partial charge in [-0.3, -0.25) is 4.79 Å². The van der Waals surface area contributed by atoms with Crippen molar-refractivity contribution in [3.05, 3.63) is 59.6 Å². The van der Waals surface area contributed by atoms with Crippen LogP contribution in [0, 0.1) is 5.82 Å². The number of benzene rings is 1. The second kappa shape index (κ2) is 8.86. The summed E-state index contributed by atoms with van der Waals surface area (Å²) in [7, 11) is 0. The fourth-order valence-electron chi connectivity index (χ4n) is 2.02. The van der Waals surface area contributed by atoms with E-state index in [0.717, 1.165) is 0 Å². The summed E-state index contributed by atoms with van der Waals surface area (Å²) < 4.78 is 18.2. The Bertz CT molecular complexity index is 842. The molecule has 1 amide bonds. The van der Waals surface area contributed by atoms with Gasteiger partial charge in [-0.05, 0) is 30.3 Å². The van der Waals surface area contributed by atoms with Crippen molar-refractivity contribution in [3.63, 3.8) is 0 Å². The molecule has 2 heterocycles. The molecule has 0 radical (unpaired) electrons. The van der Waals surface area contributed by atoms with E-state index < -0.39 is 0 Å². The average Bonchev–Trinajstić information content (AvgIpc) is 3.08. The zero-order chi connectivity index (χ0) is 18.2. The van der Waals surface area contributed by atoms with Crippen LogP contribution in [0.25, 0.3) is 0 Å². The Morgan fingerprint density at radius 3 is 2.73 bits per heavy atom. The first-order chi connectivity index (χ1) is 12.7. The first-order valence-electron chi connectivity index (χ1n) is 7.82. The van der Waals surface area contributed by atoms with E-state index in [9.17, 15) is 9.18 Å². The SMILES string of the molecule is O=C(Cc1csc(Nc2ncccn2)n1)NCCOc1ccc(F)cc1. The Balaban J connectivity index is 1.39. The number of anilines is 2. The van der Waals surface area contributed by atoms with Gasteiger partial charge in [0.25, 0.3) is 0 Å². The molecule has 7 nitrogen and oxygen atoms in total. The Morgan fingerprint density at radius 2 is 1.96 bits per heavy atom. The van der Waals surface area contributed by atoms with Gasteiger partial charge in [-0.1, -0.05) is 0 Å². The molecule has 0 spiro atoms. The molecule has 3 rings (SSSR count). The number of hydrogen-bond donors (Lipinski definition) is 2. The predicted molar refractivity (Wildman–Crippen MR) is 96.0 cm³/mol. The summed E-state index contributed by atoms with van der Waals surface area (Å²) >= 11 is 1.38. The maximum atomic E-state index is 12.8. The Kier molecular flexibility index (Phi) is 6.05. The van der Waals surface area contributed by atoms with Crippen LogP contribution in [0.2, 0.25) is 0 Å². The molecule has 134 valence electrons. The lowest BCUT2D eigenvalue weighted by atomic mass is 10.3. The first kappa shape index (κ1) is 17.7. The molecular weight excluding hydrogens is 357 g/mol. The first-order valence-corrected chi connectivity index (χ1v) is 8.70. The van der Waals surface area contributed by atoms with Crippen LogP contribution >= 0.6 is 11.3 Å². The molecule has 1 aromatic carbocycles. The van der Waals surface area contributed by atoms with Crippen molar-refractivity contribution in [1.82, 2.24) is 20.3 Å². The normalized spacial score (nSPS) is 10.3. The molecule has 0 unspecified atom stereocenters. The second-order valence-electron chi connectivity index (χ2n) is 5.17. The van der Waals surface area contributed by atoms with E-state index in [1.54, 1.807) is 23.8 Å². The fraction of sp³-hybridized carbons (Fsp3) is 0.176. The van der Waals surface area contributed by atoms with Crippen molar-refractivity contribution < 1.29 is 13.9 Å². The predicted octanol–water partition coefficient (Wildman–Crippen LogP) is 2.55. The zero-order valence-electron chi connectivity index (χ0n) is 13.7. The van der Waals surface area contributed by atoms with Crippen molar-refractivity contribution in [2.24, 2.45) is 0 Å². The molecule has 0 fully saturated rings. The monoisotopic (exact) mass is 373 g/mol. The third-order valence-corrected chi connectivity index (χ3v) is 3.99. The highest BCUT2D eigenvalue weighted by atomic mass is 32.1. The van der Waals surface area contributed by atoms with Gasteiger partial charge in [0.15, 0.2) is 5.13 Å². The summed E-state index contributed by atoms with van der Waals surface area (Å²) in [4.78, 5) is 24.4. The van der Waals surface area contributed by atoms with E-state index in [4.69, 9.17) is 4.74 Å². The Morgan fingerprint density at radius 1 is 1.19 bits per heavy atom. The van der Waals surface area contributed by atoms with Gasteiger partial charge >= 0.3 is 0 Å². The molecule has 0 saturated heterocycles. The summed E-state index contributed by atoms with van der Waals surface area (Å²) in [6, 6.07) is 7.45. The number of aromatic nitrogens is 3. The van der Waals surface area contributed by atoms with Crippen molar-refractivity contribution in [1.29, 1.82) is 0 Å². The summed E-state index contributed by atoms with van der Waals surface area (Å²) in [5.41, 5.74) is 0.658. The van der Waals surface area contributed by atoms with Gasteiger partial charge < -0.3 is 15.4 Å². The zero-order valence-corrected chi connectivity index (χ0v) is 14.5. The van der Waals surface area contributed by atoms with Crippen LogP contribution in [0.5, 0.6) is 5.75 Å². The van der Waals surface area contributed by atoms with Crippen LogP contribution in [-0.2, 0) is 11.2 Å². The highest BCUT2D eigenvalue weighted by Gasteiger charge is 2.08. The molecule has 0 saturated carbocycles. The van der Waals surface area contributed by atoms with Crippen LogP contribution in [0.15, 0.2) is 48.1 Å². The minimum atomic E-state index is -0.318. The third kappa shape index (κ3) is 5.49. The molecule has 0 bridgehead atoms. The number of amides is 1. The highest BCUT2D eigenvalue weighted by molar-refractivity contribution is 7.13. The lowest BCUT2D eigenvalue weighted by Gasteiger charge is -2.07. The molecule has 0 aliphatic heterocycles. The number of hydrogen-bond acceptors (Lipinski definition) is 7. The molecule has 0 atom stereocenters. The molecule has 9 heteroatoms. The molecule has 2 N–H and O–H groups in total. The number of carbonyl (C=O) groups excluding carboxylic acids is 1. The van der Waals surface area contributed by atoms with Gasteiger partial charge in [0, 0.05) is 17.8 Å². The number of halogens is 1. The van der Waals surface area contributed by atoms with E-state index in [-0.39, 0.29) is 18.1 Å². The standard InChI is InChI=1S/C17H16FN5O2S/c18-12-2-4-14(5-3-12)25-9-8-19-15(24)10-13-11-26-17(22-13)23-16-20-6-1-7-21-16/h1-7,11H,8-10H2,(H,19,24)(H,20,21,22,23). The van der Waals surface area contributed by atoms with E-state index in [1.165, 1.54) is 35.6 Å². The summed E-state index contributed by atoms with van der Waals surface area (Å²) in [5.74, 6) is 0.539. The van der Waals surface area contributed by atoms with Gasteiger partial charge in [-0.15, -0.1) is 11.3 Å². The van der Waals surface area contributed by atoms with E-state index in [0.29, 0.717) is 35.7 Å². The lowest BCUT2D eigenvalue weighted by Crippen LogP contribution is -2.29. The molecule has 3 aromatic rings. The number of thiazole rings is 1. The number of nitrogens with zero attached hydrogens (tertiary/aromatic N) is 3. The smallest absolute Gasteiger partial charge is 0.228 e.